The molecule has 1 aliphatic rings. The molecule has 0 radical (unpaired) electrons. The van der Waals surface area contributed by atoms with Crippen LogP contribution >= 0.6 is 11.6 Å². The number of aliphatic carboxylic acids is 1. The number of unbranched alkanes of at least 4 members (excludes halogenated alkanes) is 2. The van der Waals surface area contributed by atoms with E-state index in [1.54, 1.807) is 0 Å². The molecule has 33 heavy (non-hydrogen) atoms. The molecule has 0 fully saturated rings. The van der Waals surface area contributed by atoms with E-state index in [-0.39, 0.29) is 36.0 Å². The molecule has 2 aromatic carbocycles. The van der Waals surface area contributed by atoms with Crippen molar-refractivity contribution in [1.29, 1.82) is 0 Å². The molecule has 0 aliphatic carbocycles. The highest BCUT2D eigenvalue weighted by atomic mass is 35.5. The zero-order chi connectivity index (χ0) is 24.0. The van der Waals surface area contributed by atoms with Crippen LogP contribution in [0.2, 0.25) is 5.02 Å². The largest absolute Gasteiger partial charge is 0.481 e. The van der Waals surface area contributed by atoms with Crippen LogP contribution in [0.3, 0.4) is 0 Å². The Balaban J connectivity index is 1.71. The summed E-state index contributed by atoms with van der Waals surface area (Å²) < 4.78 is 0. The highest BCUT2D eigenvalue weighted by molar-refractivity contribution is 6.30. The molecule has 176 valence electrons. The molecule has 0 saturated carbocycles. The van der Waals surface area contributed by atoms with Gasteiger partial charge in [-0.25, -0.2) is 0 Å². The van der Waals surface area contributed by atoms with Crippen LogP contribution in [-0.4, -0.2) is 29.4 Å². The van der Waals surface area contributed by atoms with E-state index in [0.29, 0.717) is 5.02 Å². The van der Waals surface area contributed by atoms with Gasteiger partial charge in [-0.05, 0) is 61.4 Å². The second-order valence-corrected chi connectivity index (χ2v) is 9.92. The van der Waals surface area contributed by atoms with Crippen LogP contribution in [0.15, 0.2) is 54.6 Å². The van der Waals surface area contributed by atoms with E-state index in [4.69, 9.17) is 16.7 Å². The Kier molecular flexibility index (Phi) is 8.36. The van der Waals surface area contributed by atoms with Crippen LogP contribution in [-0.2, 0) is 9.59 Å². The minimum Gasteiger partial charge on any atom is -0.481 e. The summed E-state index contributed by atoms with van der Waals surface area (Å²) in [6.45, 7) is 3.99. The SMILES string of the molecule is CC(CC(=O)O)CC(=O)C1c2cc(Cl)ccc2N(C)C1(C)CCCC/C=C/c1ccccc1. The van der Waals surface area contributed by atoms with Crippen LogP contribution in [0.25, 0.3) is 6.08 Å². The highest BCUT2D eigenvalue weighted by Gasteiger charge is 2.49. The maximum atomic E-state index is 13.5. The second kappa shape index (κ2) is 11.0. The van der Waals surface area contributed by atoms with Gasteiger partial charge in [0.2, 0.25) is 0 Å². The number of carbonyl (C=O) groups excluding carboxylic acids is 1. The van der Waals surface area contributed by atoms with Gasteiger partial charge in [0, 0.05) is 30.6 Å². The van der Waals surface area contributed by atoms with Crippen molar-refractivity contribution in [3.05, 3.63) is 70.8 Å². The van der Waals surface area contributed by atoms with Gasteiger partial charge in [0.25, 0.3) is 0 Å². The first-order valence-corrected chi connectivity index (χ1v) is 12.1. The number of rotatable bonds is 11. The van der Waals surface area contributed by atoms with E-state index >= 15 is 0 Å². The molecule has 4 nitrogen and oxygen atoms in total. The van der Waals surface area contributed by atoms with Crippen LogP contribution in [0.5, 0.6) is 0 Å². The number of anilines is 1. The van der Waals surface area contributed by atoms with E-state index in [9.17, 15) is 9.59 Å². The van der Waals surface area contributed by atoms with Crippen molar-refractivity contribution in [2.75, 3.05) is 11.9 Å². The van der Waals surface area contributed by atoms with Crippen LogP contribution in [0.4, 0.5) is 5.69 Å². The molecule has 1 N–H and O–H groups in total. The number of allylic oxidation sites excluding steroid dienone is 1. The summed E-state index contributed by atoms with van der Waals surface area (Å²) in [7, 11) is 2.05. The minimum atomic E-state index is -0.867. The molecule has 3 rings (SSSR count). The molecule has 0 bridgehead atoms. The lowest BCUT2D eigenvalue weighted by Crippen LogP contribution is -2.46. The standard InChI is InChI=1S/C28H34ClNO3/c1-20(18-26(32)33)17-25(31)27-23-19-22(29)14-15-24(23)30(3)28(27,2)16-10-5-4-7-11-21-12-8-6-9-13-21/h6-9,11-15,19-20,27H,4-5,10,16-18H2,1-3H3,(H,32,33)/b11-7+. The molecule has 0 spiro atoms. The first-order chi connectivity index (χ1) is 15.7. The molecular weight excluding hydrogens is 434 g/mol. The molecule has 0 saturated heterocycles. The first-order valence-electron chi connectivity index (χ1n) is 11.7. The lowest BCUT2D eigenvalue weighted by Gasteiger charge is -2.39. The van der Waals surface area contributed by atoms with Crippen molar-refractivity contribution in [3.63, 3.8) is 0 Å². The molecule has 0 aromatic heterocycles. The van der Waals surface area contributed by atoms with Gasteiger partial charge in [0.05, 0.1) is 11.5 Å². The number of benzene rings is 2. The van der Waals surface area contributed by atoms with Crippen molar-refractivity contribution < 1.29 is 14.7 Å². The summed E-state index contributed by atoms with van der Waals surface area (Å²) >= 11 is 6.31. The number of hydrogen-bond acceptors (Lipinski definition) is 3. The number of likely N-dealkylation sites (N-methyl/N-ethyl adjacent to an activating group) is 1. The predicted molar refractivity (Wildman–Crippen MR) is 136 cm³/mol. The molecule has 1 aliphatic heterocycles. The van der Waals surface area contributed by atoms with Gasteiger partial charge in [-0.15, -0.1) is 0 Å². The van der Waals surface area contributed by atoms with E-state index in [1.165, 1.54) is 5.56 Å². The van der Waals surface area contributed by atoms with Crippen LogP contribution in [0.1, 0.15) is 69.4 Å². The van der Waals surface area contributed by atoms with E-state index in [0.717, 1.165) is 36.9 Å². The second-order valence-electron chi connectivity index (χ2n) is 9.48. The summed E-state index contributed by atoms with van der Waals surface area (Å²) in [6.07, 6.45) is 8.52. The van der Waals surface area contributed by atoms with E-state index in [2.05, 4.69) is 43.2 Å². The quantitative estimate of drug-likeness (QED) is 0.362. The summed E-state index contributed by atoms with van der Waals surface area (Å²) in [5.41, 5.74) is 2.84. The number of nitrogens with zero attached hydrogens (tertiary/aromatic N) is 1. The van der Waals surface area contributed by atoms with Gasteiger partial charge >= 0.3 is 5.97 Å². The Hall–Kier alpha value is -2.59. The van der Waals surface area contributed by atoms with Gasteiger partial charge < -0.3 is 10.0 Å². The monoisotopic (exact) mass is 467 g/mol. The summed E-state index contributed by atoms with van der Waals surface area (Å²) in [6, 6.07) is 16.0. The average Bonchev–Trinajstić information content (AvgIpc) is 2.97. The Morgan fingerprint density at radius 1 is 1.15 bits per heavy atom. The van der Waals surface area contributed by atoms with Crippen molar-refractivity contribution >= 4 is 35.1 Å². The van der Waals surface area contributed by atoms with Gasteiger partial charge in [0.15, 0.2) is 0 Å². The third kappa shape index (κ3) is 6.05. The number of fused-ring (bicyclic) bond motifs is 1. The predicted octanol–water partition coefficient (Wildman–Crippen LogP) is 6.98. The number of halogens is 1. The van der Waals surface area contributed by atoms with E-state index in [1.807, 2.05) is 43.3 Å². The molecule has 1 heterocycles. The van der Waals surface area contributed by atoms with Crippen molar-refractivity contribution in [1.82, 2.24) is 0 Å². The minimum absolute atomic E-state index is 0.00116. The zero-order valence-electron chi connectivity index (χ0n) is 19.8. The molecular formula is C28H34ClNO3. The highest BCUT2D eigenvalue weighted by Crippen LogP contribution is 2.51. The topological polar surface area (TPSA) is 57.6 Å². The lowest BCUT2D eigenvalue weighted by molar-refractivity contribution is -0.138. The summed E-state index contributed by atoms with van der Waals surface area (Å²) in [4.78, 5) is 26.8. The zero-order valence-corrected chi connectivity index (χ0v) is 20.5. The number of ketones is 1. The average molecular weight is 468 g/mol. The van der Waals surface area contributed by atoms with Crippen molar-refractivity contribution in [2.45, 2.75) is 63.8 Å². The first kappa shape index (κ1) is 25.0. The van der Waals surface area contributed by atoms with Gasteiger partial charge in [-0.1, -0.05) is 67.4 Å². The fourth-order valence-electron chi connectivity index (χ4n) is 5.06. The van der Waals surface area contributed by atoms with Crippen molar-refractivity contribution in [3.8, 4) is 0 Å². The molecule has 3 unspecified atom stereocenters. The van der Waals surface area contributed by atoms with Gasteiger partial charge in [-0.2, -0.15) is 0 Å². The smallest absolute Gasteiger partial charge is 0.303 e. The number of carbonyl (C=O) groups is 2. The number of carboxylic acid groups (broad SMARTS) is 1. The maximum Gasteiger partial charge on any atom is 0.303 e. The summed E-state index contributed by atoms with van der Waals surface area (Å²) in [5.74, 6) is -1.28. The third-order valence-electron chi connectivity index (χ3n) is 6.86. The van der Waals surface area contributed by atoms with Crippen LogP contribution < -0.4 is 4.90 Å². The fraction of sp³-hybridized carbons (Fsp3) is 0.429. The Bertz CT molecular complexity index is 1000. The Morgan fingerprint density at radius 2 is 1.88 bits per heavy atom. The molecule has 5 heteroatoms. The fourth-order valence-corrected chi connectivity index (χ4v) is 5.24. The van der Waals surface area contributed by atoms with Crippen LogP contribution in [0, 0.1) is 5.92 Å². The van der Waals surface area contributed by atoms with E-state index < -0.39 is 5.97 Å². The van der Waals surface area contributed by atoms with Gasteiger partial charge in [0.1, 0.15) is 5.78 Å². The third-order valence-corrected chi connectivity index (χ3v) is 7.09. The maximum absolute atomic E-state index is 13.5. The summed E-state index contributed by atoms with van der Waals surface area (Å²) in [5, 5.41) is 9.74. The van der Waals surface area contributed by atoms with Crippen molar-refractivity contribution in [2.24, 2.45) is 5.92 Å². The number of Topliss-reactive ketones (excluding diaryl/α,β-unsaturated/α-hetero) is 1. The van der Waals surface area contributed by atoms with Gasteiger partial charge in [-0.3, -0.25) is 9.59 Å². The Morgan fingerprint density at radius 3 is 2.58 bits per heavy atom. The lowest BCUT2D eigenvalue weighted by atomic mass is 9.75. The molecule has 2 aromatic rings. The normalized spacial score (nSPS) is 20.7. The number of hydrogen-bond donors (Lipinski definition) is 1. The number of carboxylic acids is 1. The molecule has 0 amide bonds. The Labute approximate surface area is 202 Å². The molecule has 3 atom stereocenters.